The molecule has 0 saturated heterocycles. The SMILES string of the molecule is CC/C=C\C/C=C\C/C=C\C/C=C\C/C=C\CCCC(=O)OC(COC(=O)CCCCCCCCCCCCCCCC)COC(=O)CCCCCCCCCCCCCCCCCCC/C=C\C/C=C\CCCCCCC. The third-order valence-corrected chi connectivity index (χ3v) is 14.6. The average Bonchev–Trinajstić information content (AvgIpc) is 3.44. The maximum Gasteiger partial charge on any atom is 0.306 e. The summed E-state index contributed by atoms with van der Waals surface area (Å²) in [6.45, 7) is 6.51. The molecular formula is C72H126O6. The zero-order chi connectivity index (χ0) is 56.4. The zero-order valence-electron chi connectivity index (χ0n) is 51.7. The molecule has 6 heteroatoms. The first-order valence-corrected chi connectivity index (χ1v) is 33.6. The van der Waals surface area contributed by atoms with Gasteiger partial charge in [-0.2, -0.15) is 0 Å². The fourth-order valence-corrected chi connectivity index (χ4v) is 9.63. The van der Waals surface area contributed by atoms with E-state index < -0.39 is 6.10 Å². The van der Waals surface area contributed by atoms with E-state index in [2.05, 4.69) is 106 Å². The fourth-order valence-electron chi connectivity index (χ4n) is 9.63. The highest BCUT2D eigenvalue weighted by Gasteiger charge is 2.19. The van der Waals surface area contributed by atoms with Crippen molar-refractivity contribution in [1.82, 2.24) is 0 Å². The molecule has 0 aromatic rings. The van der Waals surface area contributed by atoms with E-state index in [1.54, 1.807) is 0 Å². The predicted octanol–water partition coefficient (Wildman–Crippen LogP) is 23.1. The van der Waals surface area contributed by atoms with Gasteiger partial charge in [0.05, 0.1) is 0 Å². The second-order valence-corrected chi connectivity index (χ2v) is 22.4. The van der Waals surface area contributed by atoms with Crippen LogP contribution < -0.4 is 0 Å². The summed E-state index contributed by atoms with van der Waals surface area (Å²) < 4.78 is 16.9. The second-order valence-electron chi connectivity index (χ2n) is 22.4. The van der Waals surface area contributed by atoms with Crippen molar-refractivity contribution in [3.63, 3.8) is 0 Å². The fraction of sp³-hybridized carbons (Fsp3) is 0.764. The van der Waals surface area contributed by atoms with Crippen LogP contribution in [0.2, 0.25) is 0 Å². The standard InChI is InChI=1S/C72H126O6/c1-4-7-10-13-16-19-22-25-28-30-31-32-33-34-35-36-37-38-39-40-41-43-44-47-50-53-56-59-62-65-71(74)77-68-69(67-76-70(73)64-61-58-55-52-49-46-27-24-21-18-15-12-9-6-3)78-72(75)66-63-60-57-54-51-48-45-42-29-26-23-20-17-14-11-8-5-2/h8,11,17,20,22,25-26,29-31,45,48,54,57,69H,4-7,9-10,12-16,18-19,21,23-24,27-28,32-44,46-47,49-53,55-56,58-68H2,1-3H3/b11-8-,20-17-,25-22-,29-26-,31-30-,48-45-,57-54-. The van der Waals surface area contributed by atoms with E-state index >= 15 is 0 Å². The molecule has 0 aliphatic heterocycles. The molecule has 450 valence electrons. The van der Waals surface area contributed by atoms with Crippen molar-refractivity contribution < 1.29 is 28.6 Å². The van der Waals surface area contributed by atoms with E-state index in [0.717, 1.165) is 83.5 Å². The van der Waals surface area contributed by atoms with Crippen LogP contribution in [0.1, 0.15) is 335 Å². The smallest absolute Gasteiger partial charge is 0.306 e. The number of carbonyl (C=O) groups is 3. The normalized spacial score (nSPS) is 12.6. The predicted molar refractivity (Wildman–Crippen MR) is 339 cm³/mol. The third kappa shape index (κ3) is 63.4. The zero-order valence-corrected chi connectivity index (χ0v) is 51.7. The Hall–Kier alpha value is -3.41. The summed E-state index contributed by atoms with van der Waals surface area (Å²) in [5.41, 5.74) is 0. The van der Waals surface area contributed by atoms with Crippen molar-refractivity contribution in [3.05, 3.63) is 85.1 Å². The molecule has 0 spiro atoms. The van der Waals surface area contributed by atoms with Crippen molar-refractivity contribution in [1.29, 1.82) is 0 Å². The molecule has 1 atom stereocenters. The third-order valence-electron chi connectivity index (χ3n) is 14.6. The van der Waals surface area contributed by atoms with Gasteiger partial charge in [-0.3, -0.25) is 14.4 Å². The topological polar surface area (TPSA) is 78.9 Å². The van der Waals surface area contributed by atoms with Crippen molar-refractivity contribution >= 4 is 17.9 Å². The molecule has 0 heterocycles. The van der Waals surface area contributed by atoms with Crippen LogP contribution in [-0.4, -0.2) is 37.2 Å². The maximum atomic E-state index is 12.9. The van der Waals surface area contributed by atoms with Crippen LogP contribution in [-0.2, 0) is 28.6 Å². The van der Waals surface area contributed by atoms with E-state index in [-0.39, 0.29) is 37.5 Å². The van der Waals surface area contributed by atoms with Gasteiger partial charge in [0.25, 0.3) is 0 Å². The molecule has 0 aliphatic rings. The van der Waals surface area contributed by atoms with Crippen LogP contribution in [0, 0.1) is 0 Å². The van der Waals surface area contributed by atoms with Crippen LogP contribution in [0.3, 0.4) is 0 Å². The molecular weight excluding hydrogens is 961 g/mol. The Balaban J connectivity index is 4.27. The number of rotatable bonds is 61. The average molecular weight is 1090 g/mol. The minimum atomic E-state index is -0.805. The van der Waals surface area contributed by atoms with Crippen LogP contribution in [0.4, 0.5) is 0 Å². The number of esters is 3. The molecule has 0 amide bonds. The van der Waals surface area contributed by atoms with Crippen LogP contribution in [0.15, 0.2) is 85.1 Å². The summed E-state index contributed by atoms with van der Waals surface area (Å²) in [4.78, 5) is 38.3. The highest BCUT2D eigenvalue weighted by Crippen LogP contribution is 2.17. The number of unbranched alkanes of at least 4 members (excludes halogenated alkanes) is 36. The molecule has 0 bridgehead atoms. The summed E-state index contributed by atoms with van der Waals surface area (Å²) in [7, 11) is 0. The number of allylic oxidation sites excluding steroid dienone is 14. The van der Waals surface area contributed by atoms with Gasteiger partial charge in [-0.1, -0.05) is 311 Å². The molecule has 0 rings (SSSR count). The molecule has 1 unspecified atom stereocenters. The van der Waals surface area contributed by atoms with E-state index in [1.165, 1.54) is 205 Å². The van der Waals surface area contributed by atoms with E-state index in [0.29, 0.717) is 19.3 Å². The summed E-state index contributed by atoms with van der Waals surface area (Å²) in [6.07, 6.45) is 87.6. The summed E-state index contributed by atoms with van der Waals surface area (Å²) in [6, 6.07) is 0. The Bertz CT molecular complexity index is 1480. The highest BCUT2D eigenvalue weighted by atomic mass is 16.6. The summed E-state index contributed by atoms with van der Waals surface area (Å²) >= 11 is 0. The minimum absolute atomic E-state index is 0.0952. The van der Waals surface area contributed by atoms with Gasteiger partial charge in [0.2, 0.25) is 0 Å². The molecule has 0 aromatic carbocycles. The van der Waals surface area contributed by atoms with Crippen molar-refractivity contribution in [3.8, 4) is 0 Å². The molecule has 0 aliphatic carbocycles. The quantitative estimate of drug-likeness (QED) is 0.0261. The Kier molecular flexibility index (Phi) is 63.2. The van der Waals surface area contributed by atoms with Gasteiger partial charge in [-0.15, -0.1) is 0 Å². The number of carbonyl (C=O) groups excluding carboxylic acids is 3. The monoisotopic (exact) mass is 1090 g/mol. The molecule has 6 nitrogen and oxygen atoms in total. The van der Waals surface area contributed by atoms with Gasteiger partial charge in [0, 0.05) is 19.3 Å². The molecule has 0 fully saturated rings. The van der Waals surface area contributed by atoms with Gasteiger partial charge in [-0.05, 0) is 89.9 Å². The molecule has 0 saturated carbocycles. The van der Waals surface area contributed by atoms with Crippen LogP contribution in [0.25, 0.3) is 0 Å². The maximum absolute atomic E-state index is 12.9. The van der Waals surface area contributed by atoms with Crippen LogP contribution in [0.5, 0.6) is 0 Å². The van der Waals surface area contributed by atoms with Gasteiger partial charge in [-0.25, -0.2) is 0 Å². The Labute approximate surface area is 484 Å². The Morgan fingerprint density at radius 2 is 0.513 bits per heavy atom. The lowest BCUT2D eigenvalue weighted by molar-refractivity contribution is -0.167. The lowest BCUT2D eigenvalue weighted by Crippen LogP contribution is -2.30. The highest BCUT2D eigenvalue weighted by molar-refractivity contribution is 5.71. The molecule has 0 aromatic heterocycles. The second kappa shape index (κ2) is 66.1. The van der Waals surface area contributed by atoms with Gasteiger partial charge in [0.15, 0.2) is 6.10 Å². The molecule has 0 radical (unpaired) electrons. The van der Waals surface area contributed by atoms with Gasteiger partial charge in [0.1, 0.15) is 13.2 Å². The summed E-state index contributed by atoms with van der Waals surface area (Å²) in [5, 5.41) is 0. The van der Waals surface area contributed by atoms with Gasteiger partial charge < -0.3 is 14.2 Å². The molecule has 0 N–H and O–H groups in total. The summed E-state index contributed by atoms with van der Waals surface area (Å²) in [5.74, 6) is -0.938. The number of hydrogen-bond donors (Lipinski definition) is 0. The van der Waals surface area contributed by atoms with Crippen molar-refractivity contribution in [2.24, 2.45) is 0 Å². The van der Waals surface area contributed by atoms with Crippen molar-refractivity contribution in [2.75, 3.05) is 13.2 Å². The van der Waals surface area contributed by atoms with E-state index in [4.69, 9.17) is 14.2 Å². The Morgan fingerprint density at radius 1 is 0.269 bits per heavy atom. The van der Waals surface area contributed by atoms with E-state index in [1.807, 2.05) is 0 Å². The first kappa shape index (κ1) is 74.6. The van der Waals surface area contributed by atoms with Crippen LogP contribution >= 0.6 is 0 Å². The minimum Gasteiger partial charge on any atom is -0.462 e. The van der Waals surface area contributed by atoms with E-state index in [9.17, 15) is 14.4 Å². The number of ether oxygens (including phenoxy) is 3. The first-order valence-electron chi connectivity index (χ1n) is 33.6. The largest absolute Gasteiger partial charge is 0.462 e. The lowest BCUT2D eigenvalue weighted by atomic mass is 10.0. The molecule has 78 heavy (non-hydrogen) atoms. The van der Waals surface area contributed by atoms with Gasteiger partial charge >= 0.3 is 17.9 Å². The first-order chi connectivity index (χ1) is 38.5. The van der Waals surface area contributed by atoms with Crippen molar-refractivity contribution in [2.45, 2.75) is 341 Å². The lowest BCUT2D eigenvalue weighted by Gasteiger charge is -2.18. The number of hydrogen-bond acceptors (Lipinski definition) is 6. The Morgan fingerprint density at radius 3 is 0.821 bits per heavy atom.